The third kappa shape index (κ3) is 3.63. The van der Waals surface area contributed by atoms with Crippen LogP contribution in [0.4, 0.5) is 0 Å². The van der Waals surface area contributed by atoms with Gasteiger partial charge in [-0.1, -0.05) is 29.8 Å². The van der Waals surface area contributed by atoms with Crippen molar-refractivity contribution >= 4 is 0 Å². The van der Waals surface area contributed by atoms with Gasteiger partial charge in [-0.25, -0.2) is 0 Å². The number of hydrogen-bond acceptors (Lipinski definition) is 3. The molecule has 0 aliphatic rings. The first-order valence-corrected chi connectivity index (χ1v) is 4.96. The smallest absolute Gasteiger partial charge is 0.183 e. The minimum atomic E-state index is -0.636. The highest BCUT2D eigenvalue weighted by atomic mass is 16.7. The van der Waals surface area contributed by atoms with Crippen LogP contribution < -0.4 is 0 Å². The first-order valence-electron chi connectivity index (χ1n) is 4.96. The summed E-state index contributed by atoms with van der Waals surface area (Å²) in [5.41, 5.74) is 2.29. The van der Waals surface area contributed by atoms with Gasteiger partial charge in [0.2, 0.25) is 0 Å². The predicted molar refractivity (Wildman–Crippen MR) is 58.7 cm³/mol. The van der Waals surface area contributed by atoms with E-state index in [0.717, 1.165) is 5.56 Å². The van der Waals surface area contributed by atoms with Gasteiger partial charge in [0.15, 0.2) is 6.29 Å². The van der Waals surface area contributed by atoms with Crippen LogP contribution in [-0.2, 0) is 15.9 Å². The number of hydrogen-bond donors (Lipinski definition) is 1. The fourth-order valence-corrected chi connectivity index (χ4v) is 1.47. The summed E-state index contributed by atoms with van der Waals surface area (Å²) in [5, 5.41) is 9.78. The van der Waals surface area contributed by atoms with Crippen molar-refractivity contribution in [3.8, 4) is 0 Å². The van der Waals surface area contributed by atoms with Gasteiger partial charge in [-0.2, -0.15) is 0 Å². The lowest BCUT2D eigenvalue weighted by Crippen LogP contribution is -2.31. The Morgan fingerprint density at radius 1 is 1.13 bits per heavy atom. The lowest BCUT2D eigenvalue weighted by molar-refractivity contribution is -0.163. The lowest BCUT2D eigenvalue weighted by Gasteiger charge is -2.19. The van der Waals surface area contributed by atoms with E-state index in [1.54, 1.807) is 0 Å². The molecule has 1 unspecified atom stereocenters. The average Bonchev–Trinajstić information content (AvgIpc) is 2.23. The fraction of sp³-hybridized carbons (Fsp3) is 0.500. The molecule has 0 saturated carbocycles. The number of benzene rings is 1. The molecular formula is C12H18O3. The topological polar surface area (TPSA) is 38.7 Å². The average molecular weight is 210 g/mol. The van der Waals surface area contributed by atoms with E-state index in [0.29, 0.717) is 6.42 Å². The van der Waals surface area contributed by atoms with Gasteiger partial charge in [0.25, 0.3) is 0 Å². The number of aliphatic hydroxyl groups is 1. The van der Waals surface area contributed by atoms with Gasteiger partial charge in [0.05, 0.1) is 0 Å². The Balaban J connectivity index is 2.57. The second-order valence-corrected chi connectivity index (χ2v) is 3.60. The van der Waals surface area contributed by atoms with E-state index < -0.39 is 12.4 Å². The molecule has 0 bridgehead atoms. The minimum absolute atomic E-state index is 0.534. The predicted octanol–water partition coefficient (Wildman–Crippen LogP) is 1.52. The number of rotatable bonds is 5. The highest BCUT2D eigenvalue weighted by Gasteiger charge is 2.17. The van der Waals surface area contributed by atoms with Crippen LogP contribution >= 0.6 is 0 Å². The number of ether oxygens (including phenoxy) is 2. The maximum absolute atomic E-state index is 9.78. The maximum atomic E-state index is 9.78. The summed E-state index contributed by atoms with van der Waals surface area (Å²) in [6.07, 6.45) is -0.666. The largest absolute Gasteiger partial charge is 0.387 e. The van der Waals surface area contributed by atoms with Crippen molar-refractivity contribution < 1.29 is 14.6 Å². The van der Waals surface area contributed by atoms with Crippen LogP contribution in [0.5, 0.6) is 0 Å². The molecule has 0 amide bonds. The minimum Gasteiger partial charge on any atom is -0.387 e. The molecule has 1 rings (SSSR count). The van der Waals surface area contributed by atoms with Crippen molar-refractivity contribution in [3.63, 3.8) is 0 Å². The molecule has 0 saturated heterocycles. The van der Waals surface area contributed by atoms with Crippen molar-refractivity contribution in [1.82, 2.24) is 0 Å². The summed E-state index contributed by atoms with van der Waals surface area (Å²) in [5.74, 6) is 0. The normalized spacial score (nSPS) is 13.1. The highest BCUT2D eigenvalue weighted by molar-refractivity contribution is 5.21. The Labute approximate surface area is 90.6 Å². The molecule has 0 fully saturated rings. The molecule has 0 aromatic heterocycles. The molecule has 0 heterocycles. The van der Waals surface area contributed by atoms with Crippen LogP contribution in [0.3, 0.4) is 0 Å². The van der Waals surface area contributed by atoms with E-state index in [-0.39, 0.29) is 0 Å². The Bertz CT molecular complexity index is 277. The van der Waals surface area contributed by atoms with Crippen LogP contribution in [0.15, 0.2) is 24.3 Å². The molecule has 0 spiro atoms. The molecule has 1 aromatic carbocycles. The Morgan fingerprint density at radius 3 is 2.13 bits per heavy atom. The zero-order chi connectivity index (χ0) is 11.3. The first kappa shape index (κ1) is 12.2. The van der Waals surface area contributed by atoms with Gasteiger partial charge in [-0.15, -0.1) is 0 Å². The molecule has 15 heavy (non-hydrogen) atoms. The molecular weight excluding hydrogens is 192 g/mol. The molecule has 84 valence electrons. The molecule has 1 atom stereocenters. The Morgan fingerprint density at radius 2 is 1.67 bits per heavy atom. The van der Waals surface area contributed by atoms with E-state index in [1.807, 2.05) is 31.2 Å². The first-order chi connectivity index (χ1) is 7.17. The van der Waals surface area contributed by atoms with Gasteiger partial charge < -0.3 is 14.6 Å². The van der Waals surface area contributed by atoms with E-state index >= 15 is 0 Å². The van der Waals surface area contributed by atoms with Crippen LogP contribution in [0.25, 0.3) is 0 Å². The summed E-state index contributed by atoms with van der Waals surface area (Å²) in [7, 11) is 3.04. The number of aryl methyl sites for hydroxylation is 1. The van der Waals surface area contributed by atoms with Crippen molar-refractivity contribution in [3.05, 3.63) is 35.4 Å². The summed E-state index contributed by atoms with van der Waals surface area (Å²) in [4.78, 5) is 0. The molecule has 1 N–H and O–H groups in total. The summed E-state index contributed by atoms with van der Waals surface area (Å²) in [6.45, 7) is 2.04. The zero-order valence-corrected chi connectivity index (χ0v) is 9.43. The van der Waals surface area contributed by atoms with Gasteiger partial charge in [-0.05, 0) is 12.5 Å². The third-order valence-corrected chi connectivity index (χ3v) is 2.34. The van der Waals surface area contributed by atoms with Crippen molar-refractivity contribution in [2.75, 3.05) is 14.2 Å². The summed E-state index contributed by atoms with van der Waals surface area (Å²) < 4.78 is 9.97. The summed E-state index contributed by atoms with van der Waals surface area (Å²) in [6, 6.07) is 8.05. The zero-order valence-electron chi connectivity index (χ0n) is 9.43. The maximum Gasteiger partial charge on any atom is 0.183 e. The quantitative estimate of drug-likeness (QED) is 0.749. The van der Waals surface area contributed by atoms with Crippen molar-refractivity contribution in [2.45, 2.75) is 25.7 Å². The van der Waals surface area contributed by atoms with E-state index in [2.05, 4.69) is 0 Å². The monoisotopic (exact) mass is 210 g/mol. The van der Waals surface area contributed by atoms with E-state index in [1.165, 1.54) is 19.8 Å². The van der Waals surface area contributed by atoms with Crippen LogP contribution in [0.2, 0.25) is 0 Å². The second kappa shape index (κ2) is 5.85. The lowest BCUT2D eigenvalue weighted by atomic mass is 10.1. The van der Waals surface area contributed by atoms with Gasteiger partial charge >= 0.3 is 0 Å². The number of aliphatic hydroxyl groups excluding tert-OH is 1. The van der Waals surface area contributed by atoms with Crippen molar-refractivity contribution in [1.29, 1.82) is 0 Å². The molecule has 3 heteroatoms. The van der Waals surface area contributed by atoms with Gasteiger partial charge in [0, 0.05) is 20.6 Å². The fourth-order valence-electron chi connectivity index (χ4n) is 1.47. The van der Waals surface area contributed by atoms with Crippen LogP contribution in [0.1, 0.15) is 11.1 Å². The van der Waals surface area contributed by atoms with Crippen molar-refractivity contribution in [2.24, 2.45) is 0 Å². The SMILES string of the molecule is COC(OC)C(O)Cc1ccc(C)cc1. The van der Waals surface area contributed by atoms with Crippen LogP contribution in [0, 0.1) is 6.92 Å². The highest BCUT2D eigenvalue weighted by Crippen LogP contribution is 2.09. The molecule has 1 aromatic rings. The van der Waals surface area contributed by atoms with E-state index in [9.17, 15) is 5.11 Å². The van der Waals surface area contributed by atoms with Gasteiger partial charge in [-0.3, -0.25) is 0 Å². The summed E-state index contributed by atoms with van der Waals surface area (Å²) >= 11 is 0. The van der Waals surface area contributed by atoms with E-state index in [4.69, 9.17) is 9.47 Å². The van der Waals surface area contributed by atoms with Gasteiger partial charge in [0.1, 0.15) is 6.10 Å². The molecule has 0 radical (unpaired) electrons. The second-order valence-electron chi connectivity index (χ2n) is 3.60. The Hall–Kier alpha value is -0.900. The standard InChI is InChI=1S/C12H18O3/c1-9-4-6-10(7-5-9)8-11(13)12(14-2)15-3/h4-7,11-13H,8H2,1-3H3. The molecule has 3 nitrogen and oxygen atoms in total. The Kier molecular flexibility index (Phi) is 4.75. The molecule has 0 aliphatic heterocycles. The third-order valence-electron chi connectivity index (χ3n) is 2.34. The molecule has 0 aliphatic carbocycles. The van der Waals surface area contributed by atoms with Crippen LogP contribution in [-0.4, -0.2) is 31.7 Å². The number of methoxy groups -OCH3 is 2.